The summed E-state index contributed by atoms with van der Waals surface area (Å²) in [5, 5.41) is 6.11. The highest BCUT2D eigenvalue weighted by atomic mass is 35.5. The molecule has 1 rings (SSSR count). The van der Waals surface area contributed by atoms with E-state index < -0.39 is 0 Å². The van der Waals surface area contributed by atoms with Crippen molar-refractivity contribution in [3.8, 4) is 0 Å². The van der Waals surface area contributed by atoms with Gasteiger partial charge in [-0.05, 0) is 19.4 Å². The minimum absolute atomic E-state index is 0. The van der Waals surface area contributed by atoms with Crippen molar-refractivity contribution in [2.45, 2.75) is 25.8 Å². The Bertz CT molecular complexity index is 242. The van der Waals surface area contributed by atoms with E-state index in [1.807, 2.05) is 0 Å². The zero-order valence-corrected chi connectivity index (χ0v) is 10.6. The van der Waals surface area contributed by atoms with E-state index in [-0.39, 0.29) is 30.8 Å². The van der Waals surface area contributed by atoms with Crippen molar-refractivity contribution in [1.29, 1.82) is 0 Å². The zero-order chi connectivity index (χ0) is 11.3. The minimum atomic E-state index is -0.0959. The standard InChI is InChI=1S/C10H19N3O2.ClH/c1-8(14)13(2)7-10(15)12-6-9-4-3-5-11-9;/h9,11H,3-7H2,1-2H3,(H,12,15);1H. The molecule has 0 spiro atoms. The Labute approximate surface area is 102 Å². The SMILES string of the molecule is CC(=O)N(C)CC(=O)NCC1CCCN1.Cl. The first kappa shape index (κ1) is 15.2. The van der Waals surface area contributed by atoms with Gasteiger partial charge in [-0.2, -0.15) is 0 Å². The molecule has 1 aliphatic heterocycles. The number of carbonyl (C=O) groups excluding carboxylic acids is 2. The van der Waals surface area contributed by atoms with Crippen molar-refractivity contribution < 1.29 is 9.59 Å². The van der Waals surface area contributed by atoms with Gasteiger partial charge in [0.2, 0.25) is 11.8 Å². The molecule has 1 fully saturated rings. The summed E-state index contributed by atoms with van der Waals surface area (Å²) in [6.45, 7) is 3.28. The lowest BCUT2D eigenvalue weighted by Crippen LogP contribution is -2.42. The van der Waals surface area contributed by atoms with Gasteiger partial charge in [0.1, 0.15) is 0 Å². The van der Waals surface area contributed by atoms with Crippen LogP contribution in [-0.4, -0.2) is 49.4 Å². The highest BCUT2D eigenvalue weighted by molar-refractivity contribution is 5.85. The molecule has 1 aliphatic rings. The summed E-state index contributed by atoms with van der Waals surface area (Å²) in [4.78, 5) is 23.7. The van der Waals surface area contributed by atoms with Gasteiger partial charge in [0.25, 0.3) is 0 Å². The zero-order valence-electron chi connectivity index (χ0n) is 9.78. The Morgan fingerprint density at radius 3 is 2.69 bits per heavy atom. The van der Waals surface area contributed by atoms with E-state index in [1.165, 1.54) is 18.2 Å². The topological polar surface area (TPSA) is 61.4 Å². The Hall–Kier alpha value is -0.810. The molecule has 6 heteroatoms. The van der Waals surface area contributed by atoms with Crippen LogP contribution in [0.4, 0.5) is 0 Å². The number of rotatable bonds is 4. The number of halogens is 1. The summed E-state index contributed by atoms with van der Waals surface area (Å²) >= 11 is 0. The summed E-state index contributed by atoms with van der Waals surface area (Å²) < 4.78 is 0. The lowest BCUT2D eigenvalue weighted by atomic mass is 10.2. The van der Waals surface area contributed by atoms with Gasteiger partial charge in [-0.15, -0.1) is 12.4 Å². The summed E-state index contributed by atoms with van der Waals surface area (Å²) in [6.07, 6.45) is 2.29. The highest BCUT2D eigenvalue weighted by Gasteiger charge is 2.15. The fourth-order valence-electron chi connectivity index (χ4n) is 1.55. The minimum Gasteiger partial charge on any atom is -0.353 e. The molecule has 0 bridgehead atoms. The quantitative estimate of drug-likeness (QED) is 0.723. The molecular weight excluding hydrogens is 230 g/mol. The molecule has 1 atom stereocenters. The molecule has 2 amide bonds. The summed E-state index contributed by atoms with van der Waals surface area (Å²) in [6, 6.07) is 0.400. The van der Waals surface area contributed by atoms with Crippen molar-refractivity contribution in [2.24, 2.45) is 0 Å². The van der Waals surface area contributed by atoms with E-state index in [2.05, 4.69) is 10.6 Å². The highest BCUT2D eigenvalue weighted by Crippen LogP contribution is 2.02. The third kappa shape index (κ3) is 5.32. The molecule has 0 aliphatic carbocycles. The molecular formula is C10H20ClN3O2. The van der Waals surface area contributed by atoms with Gasteiger partial charge in [0.05, 0.1) is 6.54 Å². The van der Waals surface area contributed by atoms with Crippen LogP contribution in [-0.2, 0) is 9.59 Å². The van der Waals surface area contributed by atoms with Crippen LogP contribution in [0.1, 0.15) is 19.8 Å². The molecule has 1 heterocycles. The van der Waals surface area contributed by atoms with Crippen LogP contribution in [0.5, 0.6) is 0 Å². The van der Waals surface area contributed by atoms with Crippen molar-refractivity contribution in [1.82, 2.24) is 15.5 Å². The average molecular weight is 250 g/mol. The number of carbonyl (C=O) groups is 2. The fraction of sp³-hybridized carbons (Fsp3) is 0.800. The number of nitrogens with one attached hydrogen (secondary N) is 2. The van der Waals surface area contributed by atoms with Gasteiger partial charge in [0, 0.05) is 26.6 Å². The molecule has 1 saturated heterocycles. The first-order valence-corrected chi connectivity index (χ1v) is 5.31. The molecule has 0 saturated carbocycles. The predicted molar refractivity (Wildman–Crippen MR) is 64.6 cm³/mol. The number of hydrogen-bond acceptors (Lipinski definition) is 3. The van der Waals surface area contributed by atoms with Crippen LogP contribution < -0.4 is 10.6 Å². The Morgan fingerprint density at radius 2 is 2.19 bits per heavy atom. The van der Waals surface area contributed by atoms with Gasteiger partial charge >= 0.3 is 0 Å². The van der Waals surface area contributed by atoms with Crippen LogP contribution in [0, 0.1) is 0 Å². The first-order valence-electron chi connectivity index (χ1n) is 5.31. The van der Waals surface area contributed by atoms with Gasteiger partial charge in [-0.25, -0.2) is 0 Å². The third-order valence-corrected chi connectivity index (χ3v) is 2.63. The number of hydrogen-bond donors (Lipinski definition) is 2. The molecule has 0 aromatic rings. The molecule has 16 heavy (non-hydrogen) atoms. The molecule has 0 aromatic carbocycles. The Kier molecular flexibility index (Phi) is 7.08. The first-order chi connectivity index (χ1) is 7.09. The molecule has 0 radical (unpaired) electrons. The van der Waals surface area contributed by atoms with E-state index in [0.29, 0.717) is 12.6 Å². The van der Waals surface area contributed by atoms with Crippen LogP contribution in [0.3, 0.4) is 0 Å². The largest absolute Gasteiger partial charge is 0.353 e. The van der Waals surface area contributed by atoms with Crippen molar-refractivity contribution in [2.75, 3.05) is 26.7 Å². The lowest BCUT2D eigenvalue weighted by Gasteiger charge is -2.16. The molecule has 2 N–H and O–H groups in total. The van der Waals surface area contributed by atoms with Gasteiger partial charge in [0.15, 0.2) is 0 Å². The Morgan fingerprint density at radius 1 is 1.50 bits per heavy atom. The maximum absolute atomic E-state index is 11.4. The molecule has 1 unspecified atom stereocenters. The van der Waals surface area contributed by atoms with Crippen molar-refractivity contribution in [3.05, 3.63) is 0 Å². The van der Waals surface area contributed by atoms with E-state index in [0.717, 1.165) is 13.0 Å². The third-order valence-electron chi connectivity index (χ3n) is 2.63. The van der Waals surface area contributed by atoms with Gasteiger partial charge < -0.3 is 15.5 Å². The van der Waals surface area contributed by atoms with Crippen molar-refractivity contribution in [3.63, 3.8) is 0 Å². The van der Waals surface area contributed by atoms with Crippen molar-refractivity contribution >= 4 is 24.2 Å². The van der Waals surface area contributed by atoms with E-state index in [9.17, 15) is 9.59 Å². The molecule has 94 valence electrons. The Balaban J connectivity index is 0.00000225. The monoisotopic (exact) mass is 249 g/mol. The van der Waals surface area contributed by atoms with Gasteiger partial charge in [-0.1, -0.05) is 0 Å². The van der Waals surface area contributed by atoms with E-state index in [1.54, 1.807) is 7.05 Å². The summed E-state index contributed by atoms with van der Waals surface area (Å²) in [5.74, 6) is -0.189. The van der Waals surface area contributed by atoms with Crippen LogP contribution in [0.15, 0.2) is 0 Å². The lowest BCUT2D eigenvalue weighted by molar-refractivity contribution is -0.133. The predicted octanol–water partition coefficient (Wildman–Crippen LogP) is -0.245. The van der Waals surface area contributed by atoms with E-state index >= 15 is 0 Å². The second-order valence-corrected chi connectivity index (χ2v) is 3.97. The van der Waals surface area contributed by atoms with Crippen LogP contribution in [0.2, 0.25) is 0 Å². The molecule has 5 nitrogen and oxygen atoms in total. The second kappa shape index (κ2) is 7.46. The second-order valence-electron chi connectivity index (χ2n) is 3.97. The summed E-state index contributed by atoms with van der Waals surface area (Å²) in [7, 11) is 1.62. The van der Waals surface area contributed by atoms with Crippen LogP contribution in [0.25, 0.3) is 0 Å². The maximum atomic E-state index is 11.4. The normalized spacial score (nSPS) is 18.8. The number of nitrogens with zero attached hydrogens (tertiary/aromatic N) is 1. The molecule has 0 aromatic heterocycles. The average Bonchev–Trinajstić information content (AvgIpc) is 2.66. The van der Waals surface area contributed by atoms with Gasteiger partial charge in [-0.3, -0.25) is 9.59 Å². The van der Waals surface area contributed by atoms with Crippen LogP contribution >= 0.6 is 12.4 Å². The summed E-state index contributed by atoms with van der Waals surface area (Å²) in [5.41, 5.74) is 0. The fourth-order valence-corrected chi connectivity index (χ4v) is 1.55. The number of likely N-dealkylation sites (N-methyl/N-ethyl adjacent to an activating group) is 1. The smallest absolute Gasteiger partial charge is 0.239 e. The van der Waals surface area contributed by atoms with E-state index in [4.69, 9.17) is 0 Å². The number of amides is 2. The maximum Gasteiger partial charge on any atom is 0.239 e.